The van der Waals surface area contributed by atoms with Crippen molar-refractivity contribution in [2.75, 3.05) is 0 Å². The Morgan fingerprint density at radius 1 is 1.12 bits per heavy atom. The zero-order valence-corrected chi connectivity index (χ0v) is 11.4. The second-order valence-electron chi connectivity index (χ2n) is 3.65. The number of halogens is 1. The molecule has 2 aromatic rings. The minimum Gasteiger partial charge on any atom is -0.457 e. The lowest BCUT2D eigenvalue weighted by Crippen LogP contribution is -1.87. The largest absolute Gasteiger partial charge is 0.457 e. The van der Waals surface area contributed by atoms with Crippen molar-refractivity contribution in [3.8, 4) is 17.6 Å². The van der Waals surface area contributed by atoms with Gasteiger partial charge < -0.3 is 4.74 Å². The first kappa shape index (κ1) is 11.9. The first-order valence-electron chi connectivity index (χ1n) is 5.13. The van der Waals surface area contributed by atoms with Gasteiger partial charge in [0.2, 0.25) is 0 Å². The van der Waals surface area contributed by atoms with Gasteiger partial charge in [0.05, 0.1) is 11.6 Å². The molecule has 2 rings (SSSR count). The van der Waals surface area contributed by atoms with E-state index >= 15 is 0 Å². The summed E-state index contributed by atoms with van der Waals surface area (Å²) in [6.07, 6.45) is 0. The van der Waals surface area contributed by atoms with Crippen LogP contribution >= 0.6 is 22.6 Å². The monoisotopic (exact) mass is 335 g/mol. The van der Waals surface area contributed by atoms with Crippen LogP contribution in [0.2, 0.25) is 0 Å². The molecule has 0 saturated carbocycles. The number of ether oxygens (including phenoxy) is 1. The average molecular weight is 335 g/mol. The SMILES string of the molecule is Cc1cc(Oc2cccc(I)c2)ccc1C#N. The van der Waals surface area contributed by atoms with Crippen LogP contribution in [0.1, 0.15) is 11.1 Å². The number of aryl methyl sites for hydroxylation is 1. The van der Waals surface area contributed by atoms with Gasteiger partial charge in [0.1, 0.15) is 11.5 Å². The highest BCUT2D eigenvalue weighted by molar-refractivity contribution is 14.1. The van der Waals surface area contributed by atoms with E-state index in [0.29, 0.717) is 5.56 Å². The first-order chi connectivity index (χ1) is 8.19. The number of nitriles is 1. The molecule has 0 N–H and O–H groups in total. The summed E-state index contributed by atoms with van der Waals surface area (Å²) in [6.45, 7) is 1.90. The Hall–Kier alpha value is -1.54. The molecule has 0 fully saturated rings. The topological polar surface area (TPSA) is 33.0 Å². The van der Waals surface area contributed by atoms with E-state index in [1.807, 2.05) is 43.3 Å². The summed E-state index contributed by atoms with van der Waals surface area (Å²) in [6, 6.07) is 15.4. The molecule has 0 saturated heterocycles. The van der Waals surface area contributed by atoms with Crippen molar-refractivity contribution in [1.29, 1.82) is 5.26 Å². The lowest BCUT2D eigenvalue weighted by molar-refractivity contribution is 0.482. The summed E-state index contributed by atoms with van der Waals surface area (Å²) in [5, 5.41) is 8.84. The Bertz CT molecular complexity index is 587. The van der Waals surface area contributed by atoms with Gasteiger partial charge in [0, 0.05) is 3.57 Å². The predicted octanol–water partition coefficient (Wildman–Crippen LogP) is 4.26. The highest BCUT2D eigenvalue weighted by Crippen LogP contribution is 2.24. The molecule has 2 nitrogen and oxygen atoms in total. The van der Waals surface area contributed by atoms with Crippen molar-refractivity contribution in [3.63, 3.8) is 0 Å². The zero-order valence-electron chi connectivity index (χ0n) is 9.27. The van der Waals surface area contributed by atoms with Gasteiger partial charge in [-0.15, -0.1) is 0 Å². The van der Waals surface area contributed by atoms with Crippen LogP contribution in [0.5, 0.6) is 11.5 Å². The molecular weight excluding hydrogens is 325 g/mol. The minimum atomic E-state index is 0.681. The van der Waals surface area contributed by atoms with Crippen LogP contribution in [0.4, 0.5) is 0 Å². The summed E-state index contributed by atoms with van der Waals surface area (Å²) in [4.78, 5) is 0. The van der Waals surface area contributed by atoms with Gasteiger partial charge in [-0.2, -0.15) is 5.26 Å². The van der Waals surface area contributed by atoms with Crippen LogP contribution in [0.25, 0.3) is 0 Å². The summed E-state index contributed by atoms with van der Waals surface area (Å²) >= 11 is 2.24. The summed E-state index contributed by atoms with van der Waals surface area (Å²) < 4.78 is 6.86. The Balaban J connectivity index is 2.25. The molecule has 0 aliphatic heterocycles. The normalized spacial score (nSPS) is 9.71. The van der Waals surface area contributed by atoms with Crippen LogP contribution in [0.15, 0.2) is 42.5 Å². The van der Waals surface area contributed by atoms with Crippen LogP contribution in [-0.2, 0) is 0 Å². The van der Waals surface area contributed by atoms with Crippen LogP contribution in [-0.4, -0.2) is 0 Å². The molecule has 0 heterocycles. The second kappa shape index (κ2) is 5.19. The summed E-state index contributed by atoms with van der Waals surface area (Å²) in [5.74, 6) is 1.56. The quantitative estimate of drug-likeness (QED) is 0.768. The van der Waals surface area contributed by atoms with E-state index in [9.17, 15) is 0 Å². The third kappa shape index (κ3) is 2.98. The zero-order chi connectivity index (χ0) is 12.3. The van der Waals surface area contributed by atoms with Crippen molar-refractivity contribution in [2.24, 2.45) is 0 Å². The van der Waals surface area contributed by atoms with Gasteiger partial charge in [-0.3, -0.25) is 0 Å². The first-order valence-corrected chi connectivity index (χ1v) is 6.21. The summed E-state index contributed by atoms with van der Waals surface area (Å²) in [7, 11) is 0. The van der Waals surface area contributed by atoms with Gasteiger partial charge in [-0.25, -0.2) is 0 Å². The molecule has 0 bridgehead atoms. The molecule has 84 valence electrons. The second-order valence-corrected chi connectivity index (χ2v) is 4.89. The third-order valence-electron chi connectivity index (χ3n) is 2.35. The fraction of sp³-hybridized carbons (Fsp3) is 0.0714. The van der Waals surface area contributed by atoms with E-state index in [-0.39, 0.29) is 0 Å². The molecule has 17 heavy (non-hydrogen) atoms. The Morgan fingerprint density at radius 2 is 1.88 bits per heavy atom. The fourth-order valence-electron chi connectivity index (χ4n) is 1.49. The fourth-order valence-corrected chi connectivity index (χ4v) is 2.01. The van der Waals surface area contributed by atoms with E-state index in [4.69, 9.17) is 10.00 Å². The molecule has 0 spiro atoms. The van der Waals surface area contributed by atoms with Gasteiger partial charge in [0.15, 0.2) is 0 Å². The minimum absolute atomic E-state index is 0.681. The van der Waals surface area contributed by atoms with Crippen molar-refractivity contribution < 1.29 is 4.74 Å². The van der Waals surface area contributed by atoms with Crippen molar-refractivity contribution in [3.05, 3.63) is 57.2 Å². The van der Waals surface area contributed by atoms with E-state index in [1.165, 1.54) is 0 Å². The molecule has 0 amide bonds. The highest BCUT2D eigenvalue weighted by atomic mass is 127. The Morgan fingerprint density at radius 3 is 2.53 bits per heavy atom. The average Bonchev–Trinajstić information content (AvgIpc) is 2.29. The molecule has 0 aliphatic rings. The maximum absolute atomic E-state index is 8.84. The van der Waals surface area contributed by atoms with E-state index in [2.05, 4.69) is 28.7 Å². The number of benzene rings is 2. The predicted molar refractivity (Wildman–Crippen MR) is 75.1 cm³/mol. The molecule has 0 aliphatic carbocycles. The maximum Gasteiger partial charge on any atom is 0.128 e. The van der Waals surface area contributed by atoms with Crippen molar-refractivity contribution >= 4 is 22.6 Å². The van der Waals surface area contributed by atoms with E-state index in [1.54, 1.807) is 6.07 Å². The third-order valence-corrected chi connectivity index (χ3v) is 3.02. The van der Waals surface area contributed by atoms with Gasteiger partial charge in [-0.05, 0) is 71.5 Å². The van der Waals surface area contributed by atoms with Crippen LogP contribution in [0.3, 0.4) is 0 Å². The van der Waals surface area contributed by atoms with Crippen LogP contribution in [0, 0.1) is 21.8 Å². The van der Waals surface area contributed by atoms with E-state index in [0.717, 1.165) is 20.6 Å². The molecule has 0 unspecified atom stereocenters. The van der Waals surface area contributed by atoms with Gasteiger partial charge in [0.25, 0.3) is 0 Å². The lowest BCUT2D eigenvalue weighted by Gasteiger charge is -2.07. The molecular formula is C14H10INO. The molecule has 3 heteroatoms. The van der Waals surface area contributed by atoms with Gasteiger partial charge in [-0.1, -0.05) is 6.07 Å². The smallest absolute Gasteiger partial charge is 0.128 e. The van der Waals surface area contributed by atoms with E-state index < -0.39 is 0 Å². The lowest BCUT2D eigenvalue weighted by atomic mass is 10.1. The Kier molecular flexibility index (Phi) is 3.64. The van der Waals surface area contributed by atoms with Crippen LogP contribution < -0.4 is 4.74 Å². The number of hydrogen-bond donors (Lipinski definition) is 0. The highest BCUT2D eigenvalue weighted by Gasteiger charge is 2.01. The van der Waals surface area contributed by atoms with Crippen molar-refractivity contribution in [1.82, 2.24) is 0 Å². The summed E-state index contributed by atoms with van der Waals surface area (Å²) in [5.41, 5.74) is 1.61. The number of hydrogen-bond acceptors (Lipinski definition) is 2. The Labute approximate surface area is 114 Å². The number of rotatable bonds is 2. The van der Waals surface area contributed by atoms with Gasteiger partial charge >= 0.3 is 0 Å². The molecule has 0 atom stereocenters. The molecule has 0 radical (unpaired) electrons. The maximum atomic E-state index is 8.84. The van der Waals surface area contributed by atoms with Crippen molar-refractivity contribution in [2.45, 2.75) is 6.92 Å². The number of nitrogens with zero attached hydrogens (tertiary/aromatic N) is 1. The molecule has 2 aromatic carbocycles. The standard InChI is InChI=1S/C14H10INO/c1-10-7-14(6-5-11(10)9-16)17-13-4-2-3-12(15)8-13/h2-8H,1H3. The molecule has 0 aromatic heterocycles.